The number of fused-ring (bicyclic) bond motifs is 6. The topological polar surface area (TPSA) is 64.0 Å². The third-order valence-electron chi connectivity index (χ3n) is 9.05. The van der Waals surface area contributed by atoms with E-state index in [4.69, 9.17) is 0 Å². The van der Waals surface area contributed by atoms with Gasteiger partial charge in [-0.25, -0.2) is 0 Å². The fraction of sp³-hybridized carbons (Fsp3) is 0.263. The zero-order valence-corrected chi connectivity index (χ0v) is 26.6. The summed E-state index contributed by atoms with van der Waals surface area (Å²) in [5.74, 6) is 0. The summed E-state index contributed by atoms with van der Waals surface area (Å²) in [7, 11) is -4.14. The average Bonchev–Trinajstić information content (AvgIpc) is 3.46. The van der Waals surface area contributed by atoms with Crippen molar-refractivity contribution in [2.45, 2.75) is 45.1 Å². The van der Waals surface area contributed by atoms with Crippen molar-refractivity contribution in [1.82, 2.24) is 0 Å². The number of allylic oxidation sites excluding steroid dienone is 7. The van der Waals surface area contributed by atoms with Crippen LogP contribution in [0.25, 0.3) is 21.5 Å². The first-order valence-electron chi connectivity index (χ1n) is 15.5. The smallest absolute Gasteiger partial charge is 0.327 e. The van der Waals surface area contributed by atoms with Gasteiger partial charge in [-0.1, -0.05) is 118 Å². The Labute approximate surface area is 260 Å². The van der Waals surface area contributed by atoms with Crippen LogP contribution in [0.15, 0.2) is 121 Å². The molecule has 2 aliphatic heterocycles. The van der Waals surface area contributed by atoms with Gasteiger partial charge in [-0.15, -0.1) is 0 Å². The summed E-state index contributed by atoms with van der Waals surface area (Å²) in [5.41, 5.74) is 6.07. The number of hydrogen-bond acceptors (Lipinski definition) is 3. The minimum Gasteiger partial charge on any atom is -0.363 e. The average molecular weight is 605 g/mol. The van der Waals surface area contributed by atoms with Gasteiger partial charge in [-0.3, -0.25) is 4.57 Å². The number of rotatable bonds is 9. The first-order chi connectivity index (χ1) is 21.2. The van der Waals surface area contributed by atoms with E-state index in [1.54, 1.807) is 0 Å². The van der Waals surface area contributed by atoms with Crippen LogP contribution in [0.3, 0.4) is 0 Å². The minimum atomic E-state index is -4.14. The van der Waals surface area contributed by atoms with Gasteiger partial charge in [0, 0.05) is 42.0 Å². The van der Waals surface area contributed by atoms with E-state index in [-0.39, 0.29) is 24.2 Å². The van der Waals surface area contributed by atoms with Gasteiger partial charge in [0.25, 0.3) is 0 Å². The molecule has 0 aromatic heterocycles. The monoisotopic (exact) mass is 604 g/mol. The van der Waals surface area contributed by atoms with E-state index in [0.29, 0.717) is 0 Å². The molecule has 0 saturated heterocycles. The maximum atomic E-state index is 11.8. The van der Waals surface area contributed by atoms with Gasteiger partial charge < -0.3 is 19.6 Å². The van der Waals surface area contributed by atoms with Crippen LogP contribution >= 0.6 is 7.60 Å². The molecule has 0 radical (unpaired) electrons. The third-order valence-corrected chi connectivity index (χ3v) is 9.84. The first-order valence-corrected chi connectivity index (χ1v) is 17.3. The summed E-state index contributed by atoms with van der Waals surface area (Å²) in [6.07, 6.45) is 16.5. The van der Waals surface area contributed by atoms with Crippen molar-refractivity contribution in [3.63, 3.8) is 0 Å². The van der Waals surface area contributed by atoms with Crippen LogP contribution in [-0.2, 0) is 16.4 Å². The molecule has 1 atom stereocenters. The lowest BCUT2D eigenvalue weighted by atomic mass is 9.78. The van der Waals surface area contributed by atoms with E-state index in [1.165, 1.54) is 44.1 Å². The third kappa shape index (κ3) is 5.80. The molecule has 2 heterocycles. The van der Waals surface area contributed by atoms with Gasteiger partial charge in [-0.2, -0.15) is 0 Å². The second-order valence-electron chi connectivity index (χ2n) is 12.4. The van der Waals surface area contributed by atoms with Gasteiger partial charge in [-0.05, 0) is 57.3 Å². The standard InChI is InChI=1S/C38H41N2O3P/c1-4-24-39-30(27-33-31-17-12-10-14-28(31)20-22-34(33)39)16-8-6-5-7-9-19-36-38(2,3)37-32-18-13-11-15-29(32)21-23-35(37)40(36)25-26-44(41,42)43/h5-23,36H,4,24-27H2,1-3H3,(H2,41,42,43)/b7-5+,8-6+,19-9+,30-16+. The maximum absolute atomic E-state index is 11.8. The molecule has 0 bridgehead atoms. The Balaban J connectivity index is 1.21. The Morgan fingerprint density at radius 2 is 1.45 bits per heavy atom. The molecule has 226 valence electrons. The normalized spacial score (nSPS) is 19.0. The molecule has 6 heteroatoms. The molecule has 4 aromatic rings. The maximum Gasteiger partial charge on any atom is 0.327 e. The van der Waals surface area contributed by atoms with Crippen LogP contribution in [0.2, 0.25) is 0 Å². The Kier molecular flexibility index (Phi) is 8.39. The van der Waals surface area contributed by atoms with Crippen molar-refractivity contribution in [3.05, 3.63) is 132 Å². The highest BCUT2D eigenvalue weighted by Gasteiger charge is 2.44. The summed E-state index contributed by atoms with van der Waals surface area (Å²) in [6.45, 7) is 7.96. The Bertz CT molecular complexity index is 1860. The SMILES string of the molecule is CCCN1/C(=C/C=C/C=C/C=C/C2N(CCP(=O)(O)O)c3ccc4ccccc4c3C2(C)C)Cc2c1ccc1ccccc21. The summed E-state index contributed by atoms with van der Waals surface area (Å²) >= 11 is 0. The van der Waals surface area contributed by atoms with E-state index in [1.807, 2.05) is 18.2 Å². The molecule has 1 unspecified atom stereocenters. The van der Waals surface area contributed by atoms with Crippen LogP contribution in [0.5, 0.6) is 0 Å². The van der Waals surface area contributed by atoms with E-state index >= 15 is 0 Å². The molecule has 44 heavy (non-hydrogen) atoms. The Morgan fingerprint density at radius 1 is 0.818 bits per heavy atom. The molecular formula is C38H41N2O3P. The zero-order chi connectivity index (χ0) is 30.9. The second kappa shape index (κ2) is 12.2. The van der Waals surface area contributed by atoms with Crippen molar-refractivity contribution >= 4 is 40.5 Å². The first kappa shape index (κ1) is 30.1. The van der Waals surface area contributed by atoms with Crippen LogP contribution in [-0.4, -0.2) is 35.1 Å². The van der Waals surface area contributed by atoms with Crippen molar-refractivity contribution in [2.24, 2.45) is 0 Å². The molecule has 5 nitrogen and oxygen atoms in total. The summed E-state index contributed by atoms with van der Waals surface area (Å²) in [6, 6.07) is 25.7. The van der Waals surface area contributed by atoms with Crippen LogP contribution in [0.4, 0.5) is 11.4 Å². The fourth-order valence-corrected chi connectivity index (χ4v) is 7.54. The zero-order valence-electron chi connectivity index (χ0n) is 25.7. The van der Waals surface area contributed by atoms with Gasteiger partial charge in [0.05, 0.1) is 12.2 Å². The predicted molar refractivity (Wildman–Crippen MR) is 186 cm³/mol. The largest absolute Gasteiger partial charge is 0.363 e. The van der Waals surface area contributed by atoms with Crippen LogP contribution in [0.1, 0.15) is 38.3 Å². The highest BCUT2D eigenvalue weighted by atomic mass is 31.2. The molecule has 0 aliphatic carbocycles. The van der Waals surface area contributed by atoms with Gasteiger partial charge in [0.2, 0.25) is 0 Å². The molecule has 2 aliphatic rings. The molecule has 6 rings (SSSR count). The lowest BCUT2D eigenvalue weighted by Gasteiger charge is -2.32. The highest BCUT2D eigenvalue weighted by Crippen LogP contribution is 2.49. The molecule has 4 aromatic carbocycles. The van der Waals surface area contributed by atoms with Crippen molar-refractivity contribution in [2.75, 3.05) is 29.1 Å². The molecule has 0 spiro atoms. The number of hydrogen-bond donors (Lipinski definition) is 2. The number of anilines is 2. The van der Waals surface area contributed by atoms with Crippen molar-refractivity contribution in [3.8, 4) is 0 Å². The molecule has 0 fully saturated rings. The van der Waals surface area contributed by atoms with Crippen LogP contribution < -0.4 is 9.80 Å². The van der Waals surface area contributed by atoms with Crippen molar-refractivity contribution in [1.29, 1.82) is 0 Å². The number of nitrogens with zero attached hydrogens (tertiary/aromatic N) is 2. The molecular weight excluding hydrogens is 563 g/mol. The van der Waals surface area contributed by atoms with Gasteiger partial charge in [0.1, 0.15) is 0 Å². The Hall–Kier alpha value is -3.89. The van der Waals surface area contributed by atoms with Crippen molar-refractivity contribution < 1.29 is 14.4 Å². The minimum absolute atomic E-state index is 0.0416. The van der Waals surface area contributed by atoms with E-state index in [9.17, 15) is 14.4 Å². The molecule has 0 amide bonds. The fourth-order valence-electron chi connectivity index (χ4n) is 7.07. The number of benzene rings is 4. The molecule has 2 N–H and O–H groups in total. The van der Waals surface area contributed by atoms with Gasteiger partial charge in [0.15, 0.2) is 0 Å². The lowest BCUT2D eigenvalue weighted by Crippen LogP contribution is -2.41. The van der Waals surface area contributed by atoms with Crippen LogP contribution in [0, 0.1) is 0 Å². The lowest BCUT2D eigenvalue weighted by molar-refractivity contribution is 0.371. The van der Waals surface area contributed by atoms with E-state index in [0.717, 1.165) is 25.1 Å². The van der Waals surface area contributed by atoms with Gasteiger partial charge >= 0.3 is 7.60 Å². The quantitative estimate of drug-likeness (QED) is 0.148. The Morgan fingerprint density at radius 3 is 2.18 bits per heavy atom. The summed E-state index contributed by atoms with van der Waals surface area (Å²) in [5, 5.41) is 4.99. The van der Waals surface area contributed by atoms with E-state index < -0.39 is 7.60 Å². The summed E-state index contributed by atoms with van der Waals surface area (Å²) in [4.78, 5) is 24.0. The van der Waals surface area contributed by atoms with E-state index in [2.05, 4.69) is 128 Å². The molecule has 0 saturated carbocycles. The highest BCUT2D eigenvalue weighted by molar-refractivity contribution is 7.51. The second-order valence-corrected chi connectivity index (χ2v) is 14.1. The predicted octanol–water partition coefficient (Wildman–Crippen LogP) is 8.66. The summed E-state index contributed by atoms with van der Waals surface area (Å²) < 4.78 is 11.8.